The van der Waals surface area contributed by atoms with Crippen LogP contribution in [0.2, 0.25) is 0 Å². The zero-order chi connectivity index (χ0) is 14.1. The van der Waals surface area contributed by atoms with Crippen molar-refractivity contribution in [1.82, 2.24) is 29.8 Å². The van der Waals surface area contributed by atoms with E-state index >= 15 is 0 Å². The minimum absolute atomic E-state index is 0.732. The number of aromatic nitrogens is 6. The fourth-order valence-electron chi connectivity index (χ4n) is 2.17. The van der Waals surface area contributed by atoms with E-state index in [1.165, 1.54) is 0 Å². The largest absolute Gasteiger partial charge is 0.261 e. The Morgan fingerprint density at radius 3 is 2.71 bits per heavy atom. The van der Waals surface area contributed by atoms with Gasteiger partial charge in [-0.2, -0.15) is 0 Å². The highest BCUT2D eigenvalue weighted by atomic mass is 15.4. The molecule has 0 aliphatic carbocycles. The van der Waals surface area contributed by atoms with Crippen LogP contribution < -0.4 is 0 Å². The molecule has 4 heterocycles. The molecule has 4 aromatic heterocycles. The quantitative estimate of drug-likeness (QED) is 0.560. The molecule has 0 radical (unpaired) electrons. The molecule has 0 spiro atoms. The number of hydrogen-bond donors (Lipinski definition) is 0. The first-order valence-electron chi connectivity index (χ1n) is 6.46. The Bertz CT molecular complexity index is 900. The summed E-state index contributed by atoms with van der Waals surface area (Å²) in [7, 11) is 0. The Hall–Kier alpha value is -3.15. The molecule has 6 heteroatoms. The first-order chi connectivity index (χ1) is 10.4. The summed E-state index contributed by atoms with van der Waals surface area (Å²) in [6.07, 6.45) is 6.84. The molecule has 6 nitrogen and oxygen atoms in total. The van der Waals surface area contributed by atoms with Crippen LogP contribution in [0.4, 0.5) is 0 Å². The van der Waals surface area contributed by atoms with Crippen LogP contribution in [0.1, 0.15) is 0 Å². The molecule has 4 aromatic rings. The smallest absolute Gasteiger partial charge is 0.139 e. The molecule has 0 N–H and O–H groups in total. The van der Waals surface area contributed by atoms with E-state index in [0.717, 1.165) is 28.3 Å². The molecule has 0 amide bonds. The Labute approximate surface area is 120 Å². The van der Waals surface area contributed by atoms with Crippen molar-refractivity contribution in [3.63, 3.8) is 0 Å². The van der Waals surface area contributed by atoms with E-state index in [9.17, 15) is 0 Å². The van der Waals surface area contributed by atoms with Crippen LogP contribution in [0.3, 0.4) is 0 Å². The van der Waals surface area contributed by atoms with Gasteiger partial charge in [0, 0.05) is 18.6 Å². The maximum absolute atomic E-state index is 4.62. The van der Waals surface area contributed by atoms with Gasteiger partial charge >= 0.3 is 0 Å². The van der Waals surface area contributed by atoms with Gasteiger partial charge in [0.2, 0.25) is 0 Å². The zero-order valence-corrected chi connectivity index (χ0v) is 11.0. The predicted molar refractivity (Wildman–Crippen MR) is 77.2 cm³/mol. The SMILES string of the molecule is c1cc(-c2cnccn2)nc(-c2nnn3ccccc23)c1. The summed E-state index contributed by atoms with van der Waals surface area (Å²) in [6, 6.07) is 11.6. The van der Waals surface area contributed by atoms with Crippen LogP contribution in [0, 0.1) is 0 Å². The highest BCUT2D eigenvalue weighted by Crippen LogP contribution is 2.22. The fourth-order valence-corrected chi connectivity index (χ4v) is 2.17. The van der Waals surface area contributed by atoms with E-state index in [2.05, 4.69) is 25.3 Å². The number of hydrogen-bond acceptors (Lipinski definition) is 5. The predicted octanol–water partition coefficient (Wildman–Crippen LogP) is 2.25. The Morgan fingerprint density at radius 1 is 0.857 bits per heavy atom. The lowest BCUT2D eigenvalue weighted by atomic mass is 10.2. The monoisotopic (exact) mass is 274 g/mol. The fraction of sp³-hybridized carbons (Fsp3) is 0. The van der Waals surface area contributed by atoms with E-state index < -0.39 is 0 Å². The van der Waals surface area contributed by atoms with Gasteiger partial charge in [-0.25, -0.2) is 9.50 Å². The number of rotatable bonds is 2. The second-order valence-electron chi connectivity index (χ2n) is 4.47. The van der Waals surface area contributed by atoms with Crippen molar-refractivity contribution in [2.24, 2.45) is 0 Å². The zero-order valence-electron chi connectivity index (χ0n) is 11.0. The number of nitrogens with zero attached hydrogens (tertiary/aromatic N) is 6. The minimum atomic E-state index is 0.732. The molecule has 0 bridgehead atoms. The van der Waals surface area contributed by atoms with Crippen molar-refractivity contribution in [2.45, 2.75) is 0 Å². The van der Waals surface area contributed by atoms with Crippen molar-refractivity contribution >= 4 is 5.52 Å². The third-order valence-electron chi connectivity index (χ3n) is 3.14. The van der Waals surface area contributed by atoms with Crippen LogP contribution >= 0.6 is 0 Å². The maximum atomic E-state index is 4.62. The topological polar surface area (TPSA) is 68.9 Å². The summed E-state index contributed by atoms with van der Waals surface area (Å²) >= 11 is 0. The first-order valence-corrected chi connectivity index (χ1v) is 6.46. The average Bonchev–Trinajstić information content (AvgIpc) is 3.00. The molecule has 0 aliphatic rings. The van der Waals surface area contributed by atoms with Crippen LogP contribution in [0.25, 0.3) is 28.3 Å². The molecule has 100 valence electrons. The molecule has 0 saturated carbocycles. The highest BCUT2D eigenvalue weighted by molar-refractivity contribution is 5.75. The van der Waals surface area contributed by atoms with E-state index in [1.54, 1.807) is 23.1 Å². The van der Waals surface area contributed by atoms with E-state index in [-0.39, 0.29) is 0 Å². The summed E-state index contributed by atoms with van der Waals surface area (Å²) in [5.41, 5.74) is 3.93. The van der Waals surface area contributed by atoms with Crippen LogP contribution in [0.5, 0.6) is 0 Å². The van der Waals surface area contributed by atoms with Crippen molar-refractivity contribution in [1.29, 1.82) is 0 Å². The molecule has 0 aliphatic heterocycles. The summed E-state index contributed by atoms with van der Waals surface area (Å²) in [4.78, 5) is 13.0. The Morgan fingerprint density at radius 2 is 1.81 bits per heavy atom. The average molecular weight is 274 g/mol. The van der Waals surface area contributed by atoms with Gasteiger partial charge in [0.15, 0.2) is 0 Å². The summed E-state index contributed by atoms with van der Waals surface area (Å²) in [5.74, 6) is 0. The number of fused-ring (bicyclic) bond motifs is 1. The van der Waals surface area contributed by atoms with E-state index in [1.807, 2.05) is 42.6 Å². The van der Waals surface area contributed by atoms with Gasteiger partial charge in [-0.3, -0.25) is 9.97 Å². The molecular formula is C15H10N6. The lowest BCUT2D eigenvalue weighted by Gasteiger charge is -2.01. The summed E-state index contributed by atoms with van der Waals surface area (Å²) in [5, 5.41) is 8.31. The van der Waals surface area contributed by atoms with Gasteiger partial charge in [-0.1, -0.05) is 17.3 Å². The van der Waals surface area contributed by atoms with Crippen molar-refractivity contribution in [2.75, 3.05) is 0 Å². The molecule has 4 rings (SSSR count). The summed E-state index contributed by atoms with van der Waals surface area (Å²) < 4.78 is 1.73. The van der Waals surface area contributed by atoms with Crippen LogP contribution in [0.15, 0.2) is 61.2 Å². The molecule has 21 heavy (non-hydrogen) atoms. The molecule has 0 atom stereocenters. The Kier molecular flexibility index (Phi) is 2.64. The van der Waals surface area contributed by atoms with Gasteiger partial charge in [0.05, 0.1) is 23.1 Å². The molecule has 0 aromatic carbocycles. The standard InChI is InChI=1S/C15H10N6/c1-2-9-21-14(6-1)15(19-20-21)12-5-3-4-11(18-12)13-10-16-7-8-17-13/h1-10H. The maximum Gasteiger partial charge on any atom is 0.139 e. The van der Waals surface area contributed by atoms with E-state index in [4.69, 9.17) is 0 Å². The number of pyridine rings is 2. The summed E-state index contributed by atoms with van der Waals surface area (Å²) in [6.45, 7) is 0. The molecule has 0 saturated heterocycles. The lowest BCUT2D eigenvalue weighted by Crippen LogP contribution is -1.91. The third-order valence-corrected chi connectivity index (χ3v) is 3.14. The van der Waals surface area contributed by atoms with Crippen molar-refractivity contribution in [3.8, 4) is 22.8 Å². The molecule has 0 fully saturated rings. The van der Waals surface area contributed by atoms with Crippen molar-refractivity contribution < 1.29 is 0 Å². The van der Waals surface area contributed by atoms with Gasteiger partial charge in [0.1, 0.15) is 11.4 Å². The molecular weight excluding hydrogens is 264 g/mol. The van der Waals surface area contributed by atoms with Gasteiger partial charge in [-0.05, 0) is 24.3 Å². The lowest BCUT2D eigenvalue weighted by molar-refractivity contribution is 0.856. The van der Waals surface area contributed by atoms with Crippen LogP contribution in [-0.4, -0.2) is 29.8 Å². The molecule has 0 unspecified atom stereocenters. The van der Waals surface area contributed by atoms with Crippen molar-refractivity contribution in [3.05, 3.63) is 61.2 Å². The first kappa shape index (κ1) is 11.7. The van der Waals surface area contributed by atoms with E-state index in [0.29, 0.717) is 0 Å². The highest BCUT2D eigenvalue weighted by Gasteiger charge is 2.10. The second-order valence-corrected chi connectivity index (χ2v) is 4.47. The van der Waals surface area contributed by atoms with Gasteiger partial charge in [-0.15, -0.1) is 5.10 Å². The third kappa shape index (κ3) is 2.02. The van der Waals surface area contributed by atoms with Gasteiger partial charge in [0.25, 0.3) is 0 Å². The van der Waals surface area contributed by atoms with Gasteiger partial charge < -0.3 is 0 Å². The normalized spacial score (nSPS) is 10.9. The minimum Gasteiger partial charge on any atom is -0.261 e. The second kappa shape index (κ2) is 4.75. The Balaban J connectivity index is 1.87. The van der Waals surface area contributed by atoms with Crippen LogP contribution in [-0.2, 0) is 0 Å².